The summed E-state index contributed by atoms with van der Waals surface area (Å²) in [6.07, 6.45) is -4.79. The van der Waals surface area contributed by atoms with E-state index < -0.39 is 70.3 Å². The van der Waals surface area contributed by atoms with Gasteiger partial charge in [-0.2, -0.15) is 8.78 Å². The van der Waals surface area contributed by atoms with Crippen molar-refractivity contribution in [1.82, 2.24) is 4.90 Å². The highest BCUT2D eigenvalue weighted by molar-refractivity contribution is 7.91. The van der Waals surface area contributed by atoms with Crippen molar-refractivity contribution in [2.75, 3.05) is 23.9 Å². The van der Waals surface area contributed by atoms with Crippen LogP contribution in [0.2, 0.25) is 0 Å². The van der Waals surface area contributed by atoms with Gasteiger partial charge in [0.1, 0.15) is 5.78 Å². The summed E-state index contributed by atoms with van der Waals surface area (Å²) >= 11 is 5.24. The van der Waals surface area contributed by atoms with Gasteiger partial charge in [-0.1, -0.05) is 0 Å². The molecular formula is C10H12ClF4NO4S. The van der Waals surface area contributed by atoms with Crippen LogP contribution in [0.4, 0.5) is 17.6 Å². The van der Waals surface area contributed by atoms with Gasteiger partial charge in [-0.3, -0.25) is 9.59 Å². The van der Waals surface area contributed by atoms with Crippen molar-refractivity contribution >= 4 is 33.1 Å². The maximum absolute atomic E-state index is 13.1. The first-order chi connectivity index (χ1) is 9.51. The zero-order chi connectivity index (χ0) is 16.4. The Morgan fingerprint density at radius 2 is 1.90 bits per heavy atom. The normalized spacial score (nSPS) is 22.4. The summed E-state index contributed by atoms with van der Waals surface area (Å²) in [5.41, 5.74) is 0. The third-order valence-electron chi connectivity index (χ3n) is 2.96. The average molecular weight is 354 g/mol. The minimum absolute atomic E-state index is 0.331. The highest BCUT2D eigenvalue weighted by Gasteiger charge is 2.53. The van der Waals surface area contributed by atoms with Gasteiger partial charge in [0, 0.05) is 13.0 Å². The van der Waals surface area contributed by atoms with E-state index in [1.54, 1.807) is 0 Å². The number of Topliss-reactive ketones (excluding diaryl/α,β-unsaturated/α-hetero) is 1. The first-order valence-electron chi connectivity index (χ1n) is 5.76. The first kappa shape index (κ1) is 18.1. The molecule has 0 aromatic heterocycles. The number of halogens is 5. The maximum atomic E-state index is 13.1. The van der Waals surface area contributed by atoms with Gasteiger partial charge in [-0.25, -0.2) is 17.2 Å². The van der Waals surface area contributed by atoms with Crippen molar-refractivity contribution in [3.63, 3.8) is 0 Å². The lowest BCUT2D eigenvalue weighted by atomic mass is 10.1. The van der Waals surface area contributed by atoms with Crippen LogP contribution in [0.1, 0.15) is 6.42 Å². The van der Waals surface area contributed by atoms with Crippen LogP contribution in [-0.4, -0.2) is 67.3 Å². The van der Waals surface area contributed by atoms with Gasteiger partial charge >= 0.3 is 12.3 Å². The van der Waals surface area contributed by atoms with Gasteiger partial charge in [-0.05, 0) is 0 Å². The van der Waals surface area contributed by atoms with Crippen molar-refractivity contribution in [1.29, 1.82) is 0 Å². The van der Waals surface area contributed by atoms with E-state index >= 15 is 0 Å². The fraction of sp³-hybridized carbons (Fsp3) is 0.800. The number of amides is 1. The van der Waals surface area contributed by atoms with Crippen LogP contribution >= 0.6 is 11.6 Å². The quantitative estimate of drug-likeness (QED) is 0.539. The van der Waals surface area contributed by atoms with E-state index in [1.807, 2.05) is 0 Å². The van der Waals surface area contributed by atoms with Crippen molar-refractivity contribution in [3.05, 3.63) is 0 Å². The van der Waals surface area contributed by atoms with Crippen LogP contribution in [-0.2, 0) is 19.4 Å². The Morgan fingerprint density at radius 3 is 2.38 bits per heavy atom. The second-order valence-electron chi connectivity index (χ2n) is 4.57. The summed E-state index contributed by atoms with van der Waals surface area (Å²) in [6.45, 7) is -0.663. The van der Waals surface area contributed by atoms with E-state index in [-0.39, 0.29) is 0 Å². The maximum Gasteiger partial charge on any atom is 0.383 e. The fourth-order valence-electron chi connectivity index (χ4n) is 1.93. The minimum atomic E-state index is -4.93. The first-order valence-corrected chi connectivity index (χ1v) is 8.12. The van der Waals surface area contributed by atoms with Crippen LogP contribution in [0, 0.1) is 0 Å². The van der Waals surface area contributed by atoms with Crippen molar-refractivity contribution in [3.8, 4) is 0 Å². The highest BCUT2D eigenvalue weighted by atomic mass is 35.5. The molecule has 1 heterocycles. The topological polar surface area (TPSA) is 71.5 Å². The molecule has 1 rings (SSSR count). The molecule has 1 aliphatic rings. The van der Waals surface area contributed by atoms with Crippen LogP contribution in [0.15, 0.2) is 0 Å². The fourth-order valence-corrected chi connectivity index (χ4v) is 3.56. The number of hydrogen-bond acceptors (Lipinski definition) is 4. The number of carbonyl (C=O) groups excluding carboxylic acids is 2. The van der Waals surface area contributed by atoms with E-state index in [2.05, 4.69) is 0 Å². The summed E-state index contributed by atoms with van der Waals surface area (Å²) in [5.74, 6) is -9.63. The number of nitrogens with zero attached hydrogens (tertiary/aromatic N) is 1. The summed E-state index contributed by atoms with van der Waals surface area (Å²) in [6, 6.07) is -1.41. The summed E-state index contributed by atoms with van der Waals surface area (Å²) in [4.78, 5) is 23.1. The molecule has 1 fully saturated rings. The van der Waals surface area contributed by atoms with Gasteiger partial charge in [0.15, 0.2) is 9.84 Å². The molecule has 0 saturated carbocycles. The van der Waals surface area contributed by atoms with Crippen molar-refractivity contribution in [2.24, 2.45) is 0 Å². The average Bonchev–Trinajstić information content (AvgIpc) is 2.36. The Morgan fingerprint density at radius 1 is 1.33 bits per heavy atom. The van der Waals surface area contributed by atoms with Crippen molar-refractivity contribution in [2.45, 2.75) is 24.8 Å². The molecule has 1 unspecified atom stereocenters. The predicted octanol–water partition coefficient (Wildman–Crippen LogP) is 0.710. The molecule has 0 aliphatic carbocycles. The molecule has 122 valence electrons. The van der Waals surface area contributed by atoms with Crippen LogP contribution < -0.4 is 0 Å². The molecule has 0 radical (unpaired) electrons. The van der Waals surface area contributed by atoms with E-state index in [4.69, 9.17) is 11.6 Å². The summed E-state index contributed by atoms with van der Waals surface area (Å²) < 4.78 is 73.6. The zero-order valence-electron chi connectivity index (χ0n) is 10.6. The Balaban J connectivity index is 3.02. The summed E-state index contributed by atoms with van der Waals surface area (Å²) in [5, 5.41) is 0. The summed E-state index contributed by atoms with van der Waals surface area (Å²) in [7, 11) is -3.64. The Labute approximate surface area is 123 Å². The predicted molar refractivity (Wildman–Crippen MR) is 65.4 cm³/mol. The smallest absolute Gasteiger partial charge is 0.332 e. The molecule has 5 nitrogen and oxygen atoms in total. The Bertz CT molecular complexity index is 525. The monoisotopic (exact) mass is 353 g/mol. The molecule has 1 amide bonds. The third-order valence-corrected chi connectivity index (χ3v) is 4.96. The van der Waals surface area contributed by atoms with Crippen molar-refractivity contribution < 1.29 is 35.6 Å². The standard InChI is InChI=1S/C10H12ClF4NO4S/c11-4-7(17)3-6-5-21(19,20)2-1-16(6)9(18)10(14,15)8(12)13/h6,8H,1-5H2. The number of alkyl halides is 5. The lowest BCUT2D eigenvalue weighted by Crippen LogP contribution is -2.58. The third kappa shape index (κ3) is 4.29. The largest absolute Gasteiger partial charge is 0.383 e. The minimum Gasteiger partial charge on any atom is -0.332 e. The van der Waals surface area contributed by atoms with Gasteiger partial charge in [0.25, 0.3) is 5.91 Å². The SMILES string of the molecule is O=C(CCl)CC1CS(=O)(=O)CCN1C(=O)C(F)(F)C(F)F. The molecule has 1 saturated heterocycles. The second-order valence-corrected chi connectivity index (χ2v) is 7.06. The highest BCUT2D eigenvalue weighted by Crippen LogP contribution is 2.28. The molecule has 21 heavy (non-hydrogen) atoms. The van der Waals surface area contributed by atoms with Crippen LogP contribution in [0.5, 0.6) is 0 Å². The Kier molecular flexibility index (Phi) is 5.59. The van der Waals surface area contributed by atoms with E-state index in [0.29, 0.717) is 4.90 Å². The molecule has 0 aromatic carbocycles. The van der Waals surface area contributed by atoms with E-state index in [9.17, 15) is 35.6 Å². The zero-order valence-corrected chi connectivity index (χ0v) is 12.1. The van der Waals surface area contributed by atoms with Gasteiger partial charge in [-0.15, -0.1) is 11.6 Å². The van der Waals surface area contributed by atoms with Gasteiger partial charge in [0.2, 0.25) is 0 Å². The molecule has 0 spiro atoms. The molecular weight excluding hydrogens is 342 g/mol. The molecule has 0 bridgehead atoms. The number of rotatable bonds is 5. The van der Waals surface area contributed by atoms with Gasteiger partial charge in [0.05, 0.1) is 23.4 Å². The van der Waals surface area contributed by atoms with Gasteiger partial charge < -0.3 is 4.90 Å². The van der Waals surface area contributed by atoms with Crippen LogP contribution in [0.3, 0.4) is 0 Å². The molecule has 0 N–H and O–H groups in total. The number of hydrogen-bond donors (Lipinski definition) is 0. The number of carbonyl (C=O) groups is 2. The number of ketones is 1. The number of sulfone groups is 1. The van der Waals surface area contributed by atoms with Crippen LogP contribution in [0.25, 0.3) is 0 Å². The lowest BCUT2D eigenvalue weighted by Gasteiger charge is -2.36. The second kappa shape index (κ2) is 6.47. The molecule has 1 aliphatic heterocycles. The molecule has 0 aromatic rings. The van der Waals surface area contributed by atoms with E-state index in [1.165, 1.54) is 0 Å². The molecule has 11 heteroatoms. The Hall–Kier alpha value is -0.900. The lowest BCUT2D eigenvalue weighted by molar-refractivity contribution is -0.182. The molecule has 1 atom stereocenters. The van der Waals surface area contributed by atoms with E-state index in [0.717, 1.165) is 0 Å².